The zero-order valence-electron chi connectivity index (χ0n) is 10.8. The van der Waals surface area contributed by atoms with E-state index in [9.17, 15) is 9.90 Å². The molecule has 1 saturated carbocycles. The number of hydrogen-bond acceptors (Lipinski definition) is 4. The van der Waals surface area contributed by atoms with Gasteiger partial charge in [0.15, 0.2) is 6.10 Å². The highest BCUT2D eigenvalue weighted by molar-refractivity contribution is 5.80. The number of hydrogen-bond donors (Lipinski definition) is 2. The second-order valence-corrected chi connectivity index (χ2v) is 5.17. The first-order valence-electron chi connectivity index (χ1n) is 6.89. The van der Waals surface area contributed by atoms with Gasteiger partial charge in [-0.05, 0) is 24.7 Å². The number of carbonyl (C=O) groups is 1. The summed E-state index contributed by atoms with van der Waals surface area (Å²) >= 11 is 0. The maximum atomic E-state index is 11.9. The second kappa shape index (κ2) is 7.07. The average molecular weight is 257 g/mol. The summed E-state index contributed by atoms with van der Waals surface area (Å²) in [6.07, 6.45) is 4.08. The van der Waals surface area contributed by atoms with Crippen LogP contribution >= 0.6 is 0 Å². The second-order valence-electron chi connectivity index (χ2n) is 5.17. The van der Waals surface area contributed by atoms with Crippen molar-refractivity contribution in [3.05, 3.63) is 0 Å². The summed E-state index contributed by atoms with van der Waals surface area (Å²) in [4.78, 5) is 11.9. The van der Waals surface area contributed by atoms with E-state index in [4.69, 9.17) is 9.47 Å². The standard InChI is InChI=1S/C13H23NO4/c15-8-11-4-2-1-3-10(11)7-14-13(16)12-9-17-5-6-18-12/h10-12,15H,1-9H2,(H,14,16). The molecule has 0 radical (unpaired) electrons. The first-order chi connectivity index (χ1) is 8.81. The Morgan fingerprint density at radius 1 is 1.22 bits per heavy atom. The molecule has 1 amide bonds. The van der Waals surface area contributed by atoms with Crippen LogP contribution in [0, 0.1) is 11.8 Å². The lowest BCUT2D eigenvalue weighted by Crippen LogP contribution is -2.45. The highest BCUT2D eigenvalue weighted by Gasteiger charge is 2.27. The van der Waals surface area contributed by atoms with Crippen molar-refractivity contribution in [2.45, 2.75) is 31.8 Å². The van der Waals surface area contributed by atoms with E-state index in [0.717, 1.165) is 12.8 Å². The van der Waals surface area contributed by atoms with Crippen LogP contribution in [-0.4, -0.2) is 50.1 Å². The van der Waals surface area contributed by atoms with Crippen molar-refractivity contribution in [3.8, 4) is 0 Å². The molecule has 2 N–H and O–H groups in total. The molecule has 0 aromatic rings. The van der Waals surface area contributed by atoms with Crippen molar-refractivity contribution in [3.63, 3.8) is 0 Å². The summed E-state index contributed by atoms with van der Waals surface area (Å²) in [5, 5.41) is 12.2. The summed E-state index contributed by atoms with van der Waals surface area (Å²) < 4.78 is 10.6. The van der Waals surface area contributed by atoms with Gasteiger partial charge in [-0.2, -0.15) is 0 Å². The third-order valence-corrected chi connectivity index (χ3v) is 3.95. The Hall–Kier alpha value is -0.650. The van der Waals surface area contributed by atoms with Crippen molar-refractivity contribution >= 4 is 5.91 Å². The number of amides is 1. The van der Waals surface area contributed by atoms with Crippen LogP contribution in [0.15, 0.2) is 0 Å². The van der Waals surface area contributed by atoms with Crippen LogP contribution in [0.3, 0.4) is 0 Å². The Kier molecular flexibility index (Phi) is 5.41. The van der Waals surface area contributed by atoms with E-state index in [-0.39, 0.29) is 12.5 Å². The lowest BCUT2D eigenvalue weighted by Gasteiger charge is -2.31. The monoisotopic (exact) mass is 257 g/mol. The van der Waals surface area contributed by atoms with E-state index >= 15 is 0 Å². The van der Waals surface area contributed by atoms with Gasteiger partial charge in [0.25, 0.3) is 5.91 Å². The number of rotatable bonds is 4. The van der Waals surface area contributed by atoms with Crippen molar-refractivity contribution < 1.29 is 19.4 Å². The summed E-state index contributed by atoms with van der Waals surface area (Å²) in [7, 11) is 0. The highest BCUT2D eigenvalue weighted by Crippen LogP contribution is 2.29. The van der Waals surface area contributed by atoms with Crippen LogP contribution in [0.4, 0.5) is 0 Å². The van der Waals surface area contributed by atoms with Gasteiger partial charge < -0.3 is 19.9 Å². The minimum absolute atomic E-state index is 0.0861. The number of carbonyl (C=O) groups excluding carboxylic acids is 1. The first kappa shape index (κ1) is 13.8. The predicted octanol–water partition coefficient (Wildman–Crippen LogP) is 0.317. The van der Waals surface area contributed by atoms with Crippen molar-refractivity contribution in [1.29, 1.82) is 0 Å². The molecule has 0 spiro atoms. The molecule has 1 aliphatic heterocycles. The number of aliphatic hydroxyl groups excluding tert-OH is 1. The molecular formula is C13H23NO4. The Labute approximate surface area is 108 Å². The Morgan fingerprint density at radius 2 is 2.00 bits per heavy atom. The van der Waals surface area contributed by atoms with E-state index in [0.29, 0.717) is 38.2 Å². The maximum Gasteiger partial charge on any atom is 0.251 e. The van der Waals surface area contributed by atoms with Gasteiger partial charge in [0.05, 0.1) is 19.8 Å². The van der Waals surface area contributed by atoms with Gasteiger partial charge in [0.1, 0.15) is 0 Å². The Balaban J connectivity index is 1.73. The molecule has 1 heterocycles. The number of aliphatic hydroxyl groups is 1. The van der Waals surface area contributed by atoms with E-state index in [1.807, 2.05) is 0 Å². The zero-order valence-corrected chi connectivity index (χ0v) is 10.8. The third-order valence-electron chi connectivity index (χ3n) is 3.95. The summed E-state index contributed by atoms with van der Waals surface area (Å²) in [6.45, 7) is 2.27. The van der Waals surface area contributed by atoms with Crippen molar-refractivity contribution in [2.24, 2.45) is 11.8 Å². The van der Waals surface area contributed by atoms with Crippen LogP contribution in [0.25, 0.3) is 0 Å². The van der Waals surface area contributed by atoms with Crippen LogP contribution in [-0.2, 0) is 14.3 Å². The fourth-order valence-corrected chi connectivity index (χ4v) is 2.78. The predicted molar refractivity (Wildman–Crippen MR) is 66.1 cm³/mol. The Bertz CT molecular complexity index is 266. The van der Waals surface area contributed by atoms with Gasteiger partial charge >= 0.3 is 0 Å². The van der Waals surface area contributed by atoms with Gasteiger partial charge in [-0.25, -0.2) is 0 Å². The molecule has 2 rings (SSSR count). The molecule has 1 saturated heterocycles. The normalized spacial score (nSPS) is 33.1. The fraction of sp³-hybridized carbons (Fsp3) is 0.923. The van der Waals surface area contributed by atoms with E-state index < -0.39 is 6.10 Å². The molecule has 3 atom stereocenters. The summed E-state index contributed by atoms with van der Waals surface area (Å²) in [6, 6.07) is 0. The highest BCUT2D eigenvalue weighted by atomic mass is 16.6. The van der Waals surface area contributed by atoms with Gasteiger partial charge in [-0.1, -0.05) is 12.8 Å². The molecule has 104 valence electrons. The van der Waals surface area contributed by atoms with Crippen LogP contribution in [0.5, 0.6) is 0 Å². The van der Waals surface area contributed by atoms with Gasteiger partial charge in [0.2, 0.25) is 0 Å². The largest absolute Gasteiger partial charge is 0.396 e. The average Bonchev–Trinajstić information content (AvgIpc) is 2.46. The third kappa shape index (κ3) is 3.67. The Morgan fingerprint density at radius 3 is 2.67 bits per heavy atom. The van der Waals surface area contributed by atoms with Crippen LogP contribution in [0.2, 0.25) is 0 Å². The molecule has 3 unspecified atom stereocenters. The molecule has 2 fully saturated rings. The quantitative estimate of drug-likeness (QED) is 0.761. The molecule has 0 bridgehead atoms. The number of ether oxygens (including phenoxy) is 2. The molecule has 0 aromatic carbocycles. The van der Waals surface area contributed by atoms with Crippen molar-refractivity contribution in [1.82, 2.24) is 5.32 Å². The molecule has 5 heteroatoms. The first-order valence-corrected chi connectivity index (χ1v) is 6.89. The number of nitrogens with one attached hydrogen (secondary N) is 1. The summed E-state index contributed by atoms with van der Waals surface area (Å²) in [5.41, 5.74) is 0. The molecular weight excluding hydrogens is 234 g/mol. The molecule has 0 aromatic heterocycles. The minimum atomic E-state index is -0.463. The lowest BCUT2D eigenvalue weighted by molar-refractivity contribution is -0.147. The van der Waals surface area contributed by atoms with Gasteiger partial charge in [-0.3, -0.25) is 4.79 Å². The van der Waals surface area contributed by atoms with Crippen LogP contribution in [0.1, 0.15) is 25.7 Å². The van der Waals surface area contributed by atoms with E-state index in [2.05, 4.69) is 5.32 Å². The molecule has 5 nitrogen and oxygen atoms in total. The molecule has 2 aliphatic rings. The van der Waals surface area contributed by atoms with Gasteiger partial charge in [-0.15, -0.1) is 0 Å². The van der Waals surface area contributed by atoms with Gasteiger partial charge in [0, 0.05) is 13.2 Å². The SMILES string of the molecule is O=C(NCC1CCCCC1CO)C1COCCO1. The lowest BCUT2D eigenvalue weighted by atomic mass is 9.79. The van der Waals surface area contributed by atoms with E-state index in [1.54, 1.807) is 0 Å². The fourth-order valence-electron chi connectivity index (χ4n) is 2.78. The van der Waals surface area contributed by atoms with Crippen LogP contribution < -0.4 is 5.32 Å². The minimum Gasteiger partial charge on any atom is -0.396 e. The molecule has 1 aliphatic carbocycles. The molecule has 18 heavy (non-hydrogen) atoms. The van der Waals surface area contributed by atoms with E-state index in [1.165, 1.54) is 12.8 Å². The topological polar surface area (TPSA) is 67.8 Å². The maximum absolute atomic E-state index is 11.9. The zero-order chi connectivity index (χ0) is 12.8. The summed E-state index contributed by atoms with van der Waals surface area (Å²) in [5.74, 6) is 0.650. The smallest absolute Gasteiger partial charge is 0.251 e. The van der Waals surface area contributed by atoms with Crippen molar-refractivity contribution in [2.75, 3.05) is 33.0 Å².